The summed E-state index contributed by atoms with van der Waals surface area (Å²) in [4.78, 5) is 22.9. The van der Waals surface area contributed by atoms with E-state index < -0.39 is 17.3 Å². The lowest BCUT2D eigenvalue weighted by Gasteiger charge is -2.19. The summed E-state index contributed by atoms with van der Waals surface area (Å²) in [6.45, 7) is 4.58. The van der Waals surface area contributed by atoms with Crippen LogP contribution in [-0.4, -0.2) is 24.1 Å². The van der Waals surface area contributed by atoms with E-state index in [1.54, 1.807) is 12.1 Å². The lowest BCUT2D eigenvalue weighted by molar-refractivity contribution is -0.151. The van der Waals surface area contributed by atoms with E-state index in [0.717, 1.165) is 5.56 Å². The third-order valence-electron chi connectivity index (χ3n) is 2.71. The second-order valence-electron chi connectivity index (χ2n) is 4.59. The predicted molar refractivity (Wildman–Crippen MR) is 67.8 cm³/mol. The summed E-state index contributed by atoms with van der Waals surface area (Å²) in [7, 11) is 1.49. The molecule has 0 saturated heterocycles. The molecule has 0 atom stereocenters. The number of nitrogens with one attached hydrogen (secondary N) is 1. The molecule has 1 aromatic rings. The Balaban J connectivity index is 3.01. The molecule has 0 fully saturated rings. The minimum Gasteiger partial charge on any atom is -0.495 e. The van der Waals surface area contributed by atoms with Crippen LogP contribution in [0.25, 0.3) is 0 Å². The van der Waals surface area contributed by atoms with Crippen LogP contribution in [0.2, 0.25) is 0 Å². The number of carboxylic acid groups (broad SMARTS) is 1. The summed E-state index contributed by atoms with van der Waals surface area (Å²) < 4.78 is 5.11. The molecule has 0 spiro atoms. The smallest absolute Gasteiger partial charge is 0.318 e. The Morgan fingerprint density at radius 2 is 1.94 bits per heavy atom. The summed E-state index contributed by atoms with van der Waals surface area (Å²) in [5.41, 5.74) is -0.0783. The van der Waals surface area contributed by atoms with Crippen LogP contribution in [0.5, 0.6) is 5.75 Å². The van der Waals surface area contributed by atoms with Crippen LogP contribution in [0.4, 0.5) is 5.69 Å². The Morgan fingerprint density at radius 1 is 1.33 bits per heavy atom. The van der Waals surface area contributed by atoms with Crippen molar-refractivity contribution in [1.29, 1.82) is 0 Å². The van der Waals surface area contributed by atoms with Crippen molar-refractivity contribution in [3.8, 4) is 5.75 Å². The number of amides is 1. The maximum Gasteiger partial charge on any atom is 0.318 e. The summed E-state index contributed by atoms with van der Waals surface area (Å²) >= 11 is 0. The molecule has 5 heteroatoms. The predicted octanol–water partition coefficient (Wildman–Crippen LogP) is 2.05. The van der Waals surface area contributed by atoms with Crippen molar-refractivity contribution < 1.29 is 19.4 Å². The van der Waals surface area contributed by atoms with Crippen LogP contribution in [0, 0.1) is 12.3 Å². The van der Waals surface area contributed by atoms with Gasteiger partial charge in [0.2, 0.25) is 5.91 Å². The molecule has 1 aromatic carbocycles. The van der Waals surface area contributed by atoms with Crippen molar-refractivity contribution in [2.45, 2.75) is 20.8 Å². The van der Waals surface area contributed by atoms with Gasteiger partial charge >= 0.3 is 5.97 Å². The molecule has 98 valence electrons. The molecule has 0 aliphatic heterocycles. The van der Waals surface area contributed by atoms with E-state index in [2.05, 4.69) is 5.32 Å². The molecule has 2 N–H and O–H groups in total. The summed E-state index contributed by atoms with van der Waals surface area (Å²) in [6, 6.07) is 5.30. The maximum absolute atomic E-state index is 11.9. The number of anilines is 1. The number of ether oxygens (including phenoxy) is 1. The molecule has 0 aromatic heterocycles. The molecule has 1 rings (SSSR count). The normalized spacial score (nSPS) is 10.9. The van der Waals surface area contributed by atoms with Crippen LogP contribution < -0.4 is 10.1 Å². The molecule has 0 aliphatic carbocycles. The first kappa shape index (κ1) is 14.0. The van der Waals surface area contributed by atoms with Gasteiger partial charge < -0.3 is 15.2 Å². The van der Waals surface area contributed by atoms with E-state index in [4.69, 9.17) is 9.84 Å². The van der Waals surface area contributed by atoms with Gasteiger partial charge in [-0.3, -0.25) is 9.59 Å². The zero-order valence-corrected chi connectivity index (χ0v) is 10.9. The number of carbonyl (C=O) groups is 2. The van der Waals surface area contributed by atoms with E-state index in [1.807, 2.05) is 13.0 Å². The molecular weight excluding hydrogens is 234 g/mol. The Hall–Kier alpha value is -2.04. The highest BCUT2D eigenvalue weighted by Gasteiger charge is 2.36. The zero-order valence-electron chi connectivity index (χ0n) is 10.9. The summed E-state index contributed by atoms with van der Waals surface area (Å²) in [6.07, 6.45) is 0. The van der Waals surface area contributed by atoms with Gasteiger partial charge in [-0.05, 0) is 38.5 Å². The molecule has 0 aliphatic rings. The number of aryl methyl sites for hydroxylation is 1. The SMILES string of the molecule is COc1ccc(C)cc1NC(=O)C(C)(C)C(=O)O. The van der Waals surface area contributed by atoms with Gasteiger partial charge in [0.1, 0.15) is 11.2 Å². The fourth-order valence-corrected chi connectivity index (χ4v) is 1.30. The first-order valence-corrected chi connectivity index (χ1v) is 5.48. The number of carboxylic acids is 1. The van der Waals surface area contributed by atoms with Crippen LogP contribution in [0.15, 0.2) is 18.2 Å². The number of hydrogen-bond donors (Lipinski definition) is 2. The van der Waals surface area contributed by atoms with Gasteiger partial charge in [0.25, 0.3) is 0 Å². The van der Waals surface area contributed by atoms with Gasteiger partial charge in [0.15, 0.2) is 0 Å². The number of benzene rings is 1. The fraction of sp³-hybridized carbons (Fsp3) is 0.385. The van der Waals surface area contributed by atoms with Crippen LogP contribution in [-0.2, 0) is 9.59 Å². The molecule has 0 radical (unpaired) electrons. The van der Waals surface area contributed by atoms with E-state index in [-0.39, 0.29) is 0 Å². The average molecular weight is 251 g/mol. The molecule has 0 saturated carbocycles. The fourth-order valence-electron chi connectivity index (χ4n) is 1.30. The van der Waals surface area contributed by atoms with E-state index >= 15 is 0 Å². The first-order chi connectivity index (χ1) is 8.28. The maximum atomic E-state index is 11.9. The molecule has 0 bridgehead atoms. The van der Waals surface area contributed by atoms with Crippen LogP contribution in [0.1, 0.15) is 19.4 Å². The number of rotatable bonds is 4. The minimum atomic E-state index is -1.49. The van der Waals surface area contributed by atoms with E-state index in [0.29, 0.717) is 11.4 Å². The van der Waals surface area contributed by atoms with Crippen molar-refractivity contribution in [2.24, 2.45) is 5.41 Å². The van der Waals surface area contributed by atoms with Gasteiger partial charge in [-0.25, -0.2) is 0 Å². The highest BCUT2D eigenvalue weighted by molar-refractivity contribution is 6.08. The van der Waals surface area contributed by atoms with E-state index in [1.165, 1.54) is 21.0 Å². The Labute approximate surface area is 106 Å². The van der Waals surface area contributed by atoms with Crippen molar-refractivity contribution in [2.75, 3.05) is 12.4 Å². The highest BCUT2D eigenvalue weighted by atomic mass is 16.5. The Bertz CT molecular complexity index is 480. The van der Waals surface area contributed by atoms with E-state index in [9.17, 15) is 9.59 Å². The van der Waals surface area contributed by atoms with Crippen molar-refractivity contribution in [3.63, 3.8) is 0 Å². The van der Waals surface area contributed by atoms with Crippen LogP contribution >= 0.6 is 0 Å². The second kappa shape index (κ2) is 5.08. The standard InChI is InChI=1S/C13H17NO4/c1-8-5-6-10(18-4)9(7-8)14-11(15)13(2,3)12(16)17/h5-7H,1-4H3,(H,14,15)(H,16,17). The Morgan fingerprint density at radius 3 is 2.44 bits per heavy atom. The highest BCUT2D eigenvalue weighted by Crippen LogP contribution is 2.27. The molecule has 5 nitrogen and oxygen atoms in total. The monoisotopic (exact) mass is 251 g/mol. The van der Waals surface area contributed by atoms with Crippen molar-refractivity contribution >= 4 is 17.6 Å². The molecule has 0 unspecified atom stereocenters. The number of carbonyl (C=O) groups excluding carboxylic acids is 1. The quantitative estimate of drug-likeness (QED) is 0.803. The zero-order chi connectivity index (χ0) is 13.9. The molecule has 18 heavy (non-hydrogen) atoms. The van der Waals surface area contributed by atoms with Gasteiger partial charge in [0.05, 0.1) is 12.8 Å². The van der Waals surface area contributed by atoms with Crippen molar-refractivity contribution in [3.05, 3.63) is 23.8 Å². The number of methoxy groups -OCH3 is 1. The Kier molecular flexibility index (Phi) is 3.96. The summed E-state index contributed by atoms with van der Waals surface area (Å²) in [5.74, 6) is -1.26. The lowest BCUT2D eigenvalue weighted by Crippen LogP contribution is -2.37. The third-order valence-corrected chi connectivity index (χ3v) is 2.71. The molecular formula is C13H17NO4. The molecule has 1 amide bonds. The first-order valence-electron chi connectivity index (χ1n) is 5.48. The average Bonchev–Trinajstić information content (AvgIpc) is 2.29. The van der Waals surface area contributed by atoms with Crippen LogP contribution in [0.3, 0.4) is 0 Å². The second-order valence-corrected chi connectivity index (χ2v) is 4.59. The minimum absolute atomic E-state index is 0.469. The lowest BCUT2D eigenvalue weighted by atomic mass is 9.92. The van der Waals surface area contributed by atoms with Gasteiger partial charge in [-0.1, -0.05) is 6.07 Å². The summed E-state index contributed by atoms with van der Waals surface area (Å²) in [5, 5.41) is 11.6. The topological polar surface area (TPSA) is 75.6 Å². The van der Waals surface area contributed by atoms with Gasteiger partial charge in [-0.2, -0.15) is 0 Å². The number of aliphatic carboxylic acids is 1. The van der Waals surface area contributed by atoms with Gasteiger partial charge in [-0.15, -0.1) is 0 Å². The largest absolute Gasteiger partial charge is 0.495 e. The number of hydrogen-bond acceptors (Lipinski definition) is 3. The van der Waals surface area contributed by atoms with Gasteiger partial charge in [0, 0.05) is 0 Å². The van der Waals surface area contributed by atoms with Crippen molar-refractivity contribution in [1.82, 2.24) is 0 Å². The third kappa shape index (κ3) is 2.80. The molecule has 0 heterocycles.